The summed E-state index contributed by atoms with van der Waals surface area (Å²) in [6, 6.07) is 0. The van der Waals surface area contributed by atoms with Gasteiger partial charge in [-0.15, -0.1) is 4.52 Å². The fourth-order valence-corrected chi connectivity index (χ4v) is 3.08. The Morgan fingerprint density at radius 2 is 1.15 bits per heavy atom. The van der Waals surface area contributed by atoms with Gasteiger partial charge >= 0.3 is 8.03 Å². The summed E-state index contributed by atoms with van der Waals surface area (Å²) in [5.74, 6) is 0. The van der Waals surface area contributed by atoms with Gasteiger partial charge in [0.2, 0.25) is 0 Å². The largest absolute Gasteiger partial charge is 0.508 e. The molecule has 0 saturated heterocycles. The number of unbranched alkanes of at least 4 members (excludes halogenated alkanes) is 10. The van der Waals surface area contributed by atoms with E-state index in [4.69, 9.17) is 4.52 Å². The Labute approximate surface area is 137 Å². The molecule has 1 atom stereocenters. The molecule has 0 aliphatic rings. The Bertz CT molecular complexity index is 201. The molecule has 1 unspecified atom stereocenters. The Hall–Kier alpha value is 0.554. The van der Waals surface area contributed by atoms with Crippen molar-refractivity contribution < 1.29 is 25.6 Å². The van der Waals surface area contributed by atoms with Gasteiger partial charge in [0.15, 0.2) is 6.16 Å². The summed E-state index contributed by atoms with van der Waals surface area (Å²) in [5, 5.41) is 0. The first-order valence-electron chi connectivity index (χ1n) is 8.38. The van der Waals surface area contributed by atoms with Crippen LogP contribution in [0.25, 0.3) is 0 Å². The van der Waals surface area contributed by atoms with Gasteiger partial charge in [-0.3, -0.25) is 0 Å². The van der Waals surface area contributed by atoms with Gasteiger partial charge in [0.05, 0.1) is 0 Å². The Balaban J connectivity index is 0. The zero-order chi connectivity index (χ0) is 14.2. The van der Waals surface area contributed by atoms with Crippen LogP contribution in [0.4, 0.5) is 0 Å². The smallest absolute Gasteiger partial charge is 0.146 e. The van der Waals surface area contributed by atoms with Gasteiger partial charge in [-0.05, 0) is 23.8 Å². The van der Waals surface area contributed by atoms with E-state index in [0.29, 0.717) is 6.61 Å². The van der Waals surface area contributed by atoms with Crippen LogP contribution in [0.2, 0.25) is 0 Å². The quantitative estimate of drug-likeness (QED) is 0.193. The van der Waals surface area contributed by atoms with Crippen LogP contribution in [0.1, 0.15) is 90.9 Å². The van der Waals surface area contributed by atoms with Gasteiger partial charge in [-0.1, -0.05) is 71.6 Å². The van der Waals surface area contributed by atoms with Crippen molar-refractivity contribution in [3.8, 4) is 0 Å². The Morgan fingerprint density at radius 3 is 1.70 bits per heavy atom. The van der Waals surface area contributed by atoms with Crippen LogP contribution in [0.3, 0.4) is 0 Å². The molecule has 0 aliphatic heterocycles. The molecule has 0 spiro atoms. The Kier molecular flexibility index (Phi) is 22.3. The van der Waals surface area contributed by atoms with Crippen molar-refractivity contribution in [2.24, 2.45) is 0 Å². The van der Waals surface area contributed by atoms with Crippen molar-refractivity contribution in [2.75, 3.05) is 12.8 Å². The molecule has 0 amide bonds. The van der Waals surface area contributed by atoms with E-state index < -0.39 is 8.03 Å². The van der Waals surface area contributed by atoms with Crippen LogP contribution in [0, 0.1) is 0 Å². The van der Waals surface area contributed by atoms with Crippen LogP contribution in [-0.2, 0) is 25.6 Å². The van der Waals surface area contributed by atoms with Crippen molar-refractivity contribution in [3.63, 3.8) is 0 Å². The molecule has 124 valence electrons. The summed E-state index contributed by atoms with van der Waals surface area (Å²) < 4.78 is 17.0. The molecule has 2 nitrogen and oxygen atoms in total. The third-order valence-corrected chi connectivity index (χ3v) is 4.58. The monoisotopic (exact) mass is 347 g/mol. The second kappa shape index (κ2) is 19.6. The SMILES string of the molecule is CCCCCCCCO[P+](=O)CCCCCCCC.[Ni]. The van der Waals surface area contributed by atoms with E-state index in [1.54, 1.807) is 0 Å². The maximum Gasteiger partial charge on any atom is 0.508 e. The summed E-state index contributed by atoms with van der Waals surface area (Å²) in [7, 11) is -1.38. The summed E-state index contributed by atoms with van der Waals surface area (Å²) in [6.45, 7) is 5.15. The molecule has 0 saturated carbocycles. The first-order valence-corrected chi connectivity index (χ1v) is 9.75. The zero-order valence-electron chi connectivity index (χ0n) is 13.5. The second-order valence-electron chi connectivity index (χ2n) is 5.43. The standard InChI is InChI=1S/C16H34O2P.Ni/c1-3-5-7-9-11-13-15-18-19(17)16-14-12-10-8-6-4-2;/h3-16H2,1-2H3;/q+1;. The maximum atomic E-state index is 11.6. The molecular weight excluding hydrogens is 314 g/mol. The maximum absolute atomic E-state index is 11.6. The predicted octanol–water partition coefficient (Wildman–Crippen LogP) is 6.46. The first-order chi connectivity index (χ1) is 9.31. The molecule has 0 rings (SSSR count). The van der Waals surface area contributed by atoms with Crippen LogP contribution in [0.15, 0.2) is 0 Å². The van der Waals surface area contributed by atoms with Crippen LogP contribution in [0.5, 0.6) is 0 Å². The van der Waals surface area contributed by atoms with Gasteiger partial charge < -0.3 is 0 Å². The second-order valence-corrected chi connectivity index (χ2v) is 6.80. The van der Waals surface area contributed by atoms with Gasteiger partial charge in [-0.25, -0.2) is 0 Å². The van der Waals surface area contributed by atoms with E-state index in [2.05, 4.69) is 13.8 Å². The fraction of sp³-hybridized carbons (Fsp3) is 1.00. The molecular formula is C16H34NiO2P+. The molecule has 0 heterocycles. The number of rotatable bonds is 15. The molecule has 0 radical (unpaired) electrons. The minimum absolute atomic E-state index is 0. The molecule has 20 heavy (non-hydrogen) atoms. The van der Waals surface area contributed by atoms with E-state index in [1.165, 1.54) is 64.2 Å². The topological polar surface area (TPSA) is 26.3 Å². The molecule has 0 aromatic rings. The summed E-state index contributed by atoms with van der Waals surface area (Å²) in [6.07, 6.45) is 15.8. The molecule has 0 fully saturated rings. The summed E-state index contributed by atoms with van der Waals surface area (Å²) in [5.41, 5.74) is 0. The van der Waals surface area contributed by atoms with Crippen LogP contribution in [-0.4, -0.2) is 12.8 Å². The van der Waals surface area contributed by atoms with Gasteiger partial charge in [-0.2, -0.15) is 0 Å². The molecule has 4 heteroatoms. The Morgan fingerprint density at radius 1 is 0.700 bits per heavy atom. The van der Waals surface area contributed by atoms with Gasteiger partial charge in [0, 0.05) is 16.5 Å². The van der Waals surface area contributed by atoms with E-state index >= 15 is 0 Å². The normalized spacial score (nSPS) is 11.2. The minimum Gasteiger partial charge on any atom is -0.146 e. The third kappa shape index (κ3) is 18.6. The summed E-state index contributed by atoms with van der Waals surface area (Å²) >= 11 is 0. The predicted molar refractivity (Wildman–Crippen MR) is 85.2 cm³/mol. The average molecular weight is 348 g/mol. The fourth-order valence-electron chi connectivity index (χ4n) is 2.13. The molecule has 0 bridgehead atoms. The zero-order valence-corrected chi connectivity index (χ0v) is 15.4. The third-order valence-electron chi connectivity index (χ3n) is 3.43. The van der Waals surface area contributed by atoms with Crippen molar-refractivity contribution in [2.45, 2.75) is 90.9 Å². The molecule has 0 aliphatic carbocycles. The molecule has 0 aromatic carbocycles. The first kappa shape index (κ1) is 22.8. The molecule has 0 aromatic heterocycles. The van der Waals surface area contributed by atoms with Gasteiger partial charge in [0.1, 0.15) is 6.61 Å². The average Bonchev–Trinajstić information content (AvgIpc) is 2.41. The van der Waals surface area contributed by atoms with Crippen LogP contribution < -0.4 is 0 Å². The number of hydrogen-bond acceptors (Lipinski definition) is 2. The van der Waals surface area contributed by atoms with Crippen LogP contribution >= 0.6 is 8.03 Å². The van der Waals surface area contributed by atoms with Gasteiger partial charge in [0.25, 0.3) is 0 Å². The van der Waals surface area contributed by atoms with Crippen molar-refractivity contribution >= 4 is 8.03 Å². The van der Waals surface area contributed by atoms with Crippen molar-refractivity contribution in [3.05, 3.63) is 0 Å². The molecule has 0 N–H and O–H groups in total. The van der Waals surface area contributed by atoms with E-state index in [1.807, 2.05) is 0 Å². The van der Waals surface area contributed by atoms with Crippen molar-refractivity contribution in [1.82, 2.24) is 0 Å². The minimum atomic E-state index is -1.38. The van der Waals surface area contributed by atoms with Crippen molar-refractivity contribution in [1.29, 1.82) is 0 Å². The van der Waals surface area contributed by atoms with E-state index in [-0.39, 0.29) is 16.5 Å². The van der Waals surface area contributed by atoms with E-state index in [9.17, 15) is 4.57 Å². The summed E-state index contributed by atoms with van der Waals surface area (Å²) in [4.78, 5) is 0. The number of hydrogen-bond donors (Lipinski definition) is 0. The van der Waals surface area contributed by atoms with E-state index in [0.717, 1.165) is 19.0 Å².